The minimum atomic E-state index is -0.661. The number of pyridine rings is 1. The van der Waals surface area contributed by atoms with Gasteiger partial charge in [0.05, 0.1) is 17.6 Å². The molecule has 0 spiro atoms. The molecule has 0 saturated carbocycles. The molecule has 1 rings (SSSR count). The fourth-order valence-electron chi connectivity index (χ4n) is 1.42. The molecule has 0 atom stereocenters. The van der Waals surface area contributed by atoms with Crippen LogP contribution in [0.3, 0.4) is 0 Å². The number of rotatable bonds is 6. The standard InChI is InChI=1S/C13H20N4O4/c1-13(2,16(3)4)8-15-11-10(17(19)20)6-9(7-14-11)12(18)21-5/h6-7H,8H2,1-5H3,(H,14,15). The molecule has 8 nitrogen and oxygen atoms in total. The van der Waals surface area contributed by atoms with E-state index in [0.717, 1.165) is 6.07 Å². The van der Waals surface area contributed by atoms with E-state index in [-0.39, 0.29) is 22.6 Å². The maximum absolute atomic E-state index is 11.4. The summed E-state index contributed by atoms with van der Waals surface area (Å²) in [4.78, 5) is 27.9. The molecule has 0 amide bonds. The van der Waals surface area contributed by atoms with Gasteiger partial charge in [-0.25, -0.2) is 9.78 Å². The van der Waals surface area contributed by atoms with Crippen LogP contribution in [0.15, 0.2) is 12.3 Å². The summed E-state index contributed by atoms with van der Waals surface area (Å²) in [5.74, 6) is -0.534. The second-order valence-electron chi connectivity index (χ2n) is 5.40. The topological polar surface area (TPSA) is 97.6 Å². The summed E-state index contributed by atoms with van der Waals surface area (Å²) in [6, 6.07) is 1.16. The van der Waals surface area contributed by atoms with Gasteiger partial charge in [-0.2, -0.15) is 0 Å². The first-order valence-corrected chi connectivity index (χ1v) is 6.33. The first kappa shape index (κ1) is 16.8. The van der Waals surface area contributed by atoms with Crippen LogP contribution in [0.1, 0.15) is 24.2 Å². The van der Waals surface area contributed by atoms with E-state index in [9.17, 15) is 14.9 Å². The molecule has 0 aliphatic heterocycles. The minimum absolute atomic E-state index is 0.0432. The number of nitro groups is 1. The summed E-state index contributed by atoms with van der Waals surface area (Å²) in [7, 11) is 5.05. The number of likely N-dealkylation sites (N-methyl/N-ethyl adjacent to an activating group) is 1. The largest absolute Gasteiger partial charge is 0.465 e. The molecule has 1 aromatic rings. The lowest BCUT2D eigenvalue weighted by atomic mass is 10.0. The van der Waals surface area contributed by atoms with Gasteiger partial charge in [0.2, 0.25) is 5.82 Å². The monoisotopic (exact) mass is 296 g/mol. The smallest absolute Gasteiger partial charge is 0.339 e. The van der Waals surface area contributed by atoms with Crippen molar-refractivity contribution in [3.05, 3.63) is 27.9 Å². The molecule has 21 heavy (non-hydrogen) atoms. The van der Waals surface area contributed by atoms with Crippen molar-refractivity contribution >= 4 is 17.5 Å². The molecule has 0 unspecified atom stereocenters. The van der Waals surface area contributed by atoms with E-state index in [1.165, 1.54) is 13.3 Å². The van der Waals surface area contributed by atoms with Crippen molar-refractivity contribution in [3.63, 3.8) is 0 Å². The fraction of sp³-hybridized carbons (Fsp3) is 0.538. The molecule has 116 valence electrons. The average Bonchev–Trinajstić information content (AvgIpc) is 2.43. The molecule has 0 radical (unpaired) electrons. The number of nitrogens with one attached hydrogen (secondary N) is 1. The molecule has 0 bridgehead atoms. The number of hydrogen-bond acceptors (Lipinski definition) is 7. The summed E-state index contributed by atoms with van der Waals surface area (Å²) < 4.78 is 4.53. The maximum Gasteiger partial charge on any atom is 0.339 e. The predicted octanol–water partition coefficient (Wildman–Crippen LogP) is 1.53. The first-order chi connectivity index (χ1) is 9.69. The van der Waals surface area contributed by atoms with Crippen LogP contribution in [0.25, 0.3) is 0 Å². The number of hydrogen-bond donors (Lipinski definition) is 1. The van der Waals surface area contributed by atoms with Crippen molar-refractivity contribution in [2.24, 2.45) is 0 Å². The number of carbonyl (C=O) groups is 1. The second kappa shape index (κ2) is 6.49. The highest BCUT2D eigenvalue weighted by atomic mass is 16.6. The molecular weight excluding hydrogens is 276 g/mol. The van der Waals surface area contributed by atoms with Crippen molar-refractivity contribution in [2.75, 3.05) is 33.1 Å². The van der Waals surface area contributed by atoms with E-state index in [4.69, 9.17) is 0 Å². The number of carbonyl (C=O) groups excluding carboxylic acids is 1. The molecule has 0 saturated heterocycles. The van der Waals surface area contributed by atoms with Crippen molar-refractivity contribution in [1.82, 2.24) is 9.88 Å². The average molecular weight is 296 g/mol. The maximum atomic E-state index is 11.4. The Kier molecular flexibility index (Phi) is 5.20. The summed E-state index contributed by atoms with van der Waals surface area (Å²) >= 11 is 0. The predicted molar refractivity (Wildman–Crippen MR) is 78.5 cm³/mol. The third-order valence-electron chi connectivity index (χ3n) is 3.38. The van der Waals surface area contributed by atoms with E-state index in [1.807, 2.05) is 32.8 Å². The van der Waals surface area contributed by atoms with Crippen LogP contribution in [-0.2, 0) is 4.74 Å². The fourth-order valence-corrected chi connectivity index (χ4v) is 1.42. The summed E-state index contributed by atoms with van der Waals surface area (Å²) in [5, 5.41) is 14.1. The van der Waals surface area contributed by atoms with Gasteiger partial charge in [0, 0.05) is 24.3 Å². The summed E-state index contributed by atoms with van der Waals surface area (Å²) in [6.07, 6.45) is 1.25. The number of anilines is 1. The third kappa shape index (κ3) is 4.12. The SMILES string of the molecule is COC(=O)c1cnc(NCC(C)(C)N(C)C)c([N+](=O)[O-])c1. The van der Waals surface area contributed by atoms with Crippen molar-refractivity contribution < 1.29 is 14.5 Å². The van der Waals surface area contributed by atoms with Gasteiger partial charge in [0.15, 0.2) is 0 Å². The number of nitrogens with zero attached hydrogens (tertiary/aromatic N) is 3. The van der Waals surface area contributed by atoms with Gasteiger partial charge >= 0.3 is 11.7 Å². The second-order valence-corrected chi connectivity index (χ2v) is 5.40. The van der Waals surface area contributed by atoms with Crippen LogP contribution in [0.2, 0.25) is 0 Å². The minimum Gasteiger partial charge on any atom is -0.465 e. The first-order valence-electron chi connectivity index (χ1n) is 6.33. The highest BCUT2D eigenvalue weighted by Gasteiger charge is 2.24. The van der Waals surface area contributed by atoms with Gasteiger partial charge in [-0.1, -0.05) is 0 Å². The number of ether oxygens (including phenoxy) is 1. The quantitative estimate of drug-likeness (QED) is 0.483. The van der Waals surface area contributed by atoms with Gasteiger partial charge in [-0.15, -0.1) is 0 Å². The van der Waals surface area contributed by atoms with Gasteiger partial charge in [-0.05, 0) is 27.9 Å². The molecule has 1 heterocycles. The molecule has 0 fully saturated rings. The van der Waals surface area contributed by atoms with Gasteiger partial charge in [0.1, 0.15) is 0 Å². The van der Waals surface area contributed by atoms with Gasteiger partial charge in [0.25, 0.3) is 0 Å². The zero-order chi connectivity index (χ0) is 16.2. The lowest BCUT2D eigenvalue weighted by Gasteiger charge is -2.32. The zero-order valence-corrected chi connectivity index (χ0v) is 12.8. The Bertz CT molecular complexity index is 543. The van der Waals surface area contributed by atoms with Gasteiger partial charge < -0.3 is 15.0 Å². The van der Waals surface area contributed by atoms with Crippen LogP contribution in [0, 0.1) is 10.1 Å². The molecule has 8 heteroatoms. The Hall–Kier alpha value is -2.22. The lowest BCUT2D eigenvalue weighted by Crippen LogP contribution is -2.44. The Morgan fingerprint density at radius 2 is 2.14 bits per heavy atom. The molecule has 0 aliphatic rings. The molecular formula is C13H20N4O4. The molecule has 1 aromatic heterocycles. The van der Waals surface area contributed by atoms with E-state index in [0.29, 0.717) is 6.54 Å². The third-order valence-corrected chi connectivity index (χ3v) is 3.38. The Morgan fingerprint density at radius 1 is 1.52 bits per heavy atom. The summed E-state index contributed by atoms with van der Waals surface area (Å²) in [5.41, 5.74) is -0.426. The van der Waals surface area contributed by atoms with Crippen LogP contribution in [0.4, 0.5) is 11.5 Å². The van der Waals surface area contributed by atoms with Crippen LogP contribution < -0.4 is 5.32 Å². The normalized spacial score (nSPS) is 11.3. The zero-order valence-electron chi connectivity index (χ0n) is 12.8. The highest BCUT2D eigenvalue weighted by Crippen LogP contribution is 2.24. The van der Waals surface area contributed by atoms with E-state index < -0.39 is 10.9 Å². The van der Waals surface area contributed by atoms with E-state index >= 15 is 0 Å². The van der Waals surface area contributed by atoms with Crippen molar-refractivity contribution in [3.8, 4) is 0 Å². The Balaban J connectivity index is 3.03. The number of methoxy groups -OCH3 is 1. The van der Waals surface area contributed by atoms with E-state index in [2.05, 4.69) is 15.0 Å². The van der Waals surface area contributed by atoms with Crippen LogP contribution >= 0.6 is 0 Å². The van der Waals surface area contributed by atoms with Crippen LogP contribution in [-0.4, -0.2) is 54.1 Å². The molecule has 0 aromatic carbocycles. The Labute approximate surface area is 123 Å². The van der Waals surface area contributed by atoms with Crippen molar-refractivity contribution in [1.29, 1.82) is 0 Å². The number of esters is 1. The lowest BCUT2D eigenvalue weighted by molar-refractivity contribution is -0.384. The summed E-state index contributed by atoms with van der Waals surface area (Å²) in [6.45, 7) is 4.45. The van der Waals surface area contributed by atoms with Crippen molar-refractivity contribution in [2.45, 2.75) is 19.4 Å². The number of aromatic nitrogens is 1. The Morgan fingerprint density at radius 3 is 2.62 bits per heavy atom. The molecule has 0 aliphatic carbocycles. The van der Waals surface area contributed by atoms with E-state index in [1.54, 1.807) is 0 Å². The molecule has 1 N–H and O–H groups in total. The van der Waals surface area contributed by atoms with Crippen LogP contribution in [0.5, 0.6) is 0 Å². The highest BCUT2D eigenvalue weighted by molar-refractivity contribution is 5.90. The van der Waals surface area contributed by atoms with Gasteiger partial charge in [-0.3, -0.25) is 10.1 Å².